The molecule has 0 radical (unpaired) electrons. The van der Waals surface area contributed by atoms with Crippen LogP contribution in [0.5, 0.6) is 0 Å². The van der Waals surface area contributed by atoms with Crippen molar-refractivity contribution in [1.82, 2.24) is 5.32 Å². The highest BCUT2D eigenvalue weighted by Gasteiger charge is 2.15. The van der Waals surface area contributed by atoms with Crippen LogP contribution in [0.4, 0.5) is 5.69 Å². The van der Waals surface area contributed by atoms with E-state index in [9.17, 15) is 4.79 Å². The zero-order valence-corrected chi connectivity index (χ0v) is 14.6. The summed E-state index contributed by atoms with van der Waals surface area (Å²) in [5, 5.41) is 6.67. The van der Waals surface area contributed by atoms with E-state index in [1.165, 1.54) is 0 Å². The maximum Gasteiger partial charge on any atom is 0.260 e. The summed E-state index contributed by atoms with van der Waals surface area (Å²) in [6.07, 6.45) is 0. The Morgan fingerprint density at radius 1 is 0.909 bits per heavy atom. The van der Waals surface area contributed by atoms with Crippen LogP contribution in [0, 0.1) is 0 Å². The Morgan fingerprint density at radius 3 is 2.14 bits per heavy atom. The summed E-state index contributed by atoms with van der Waals surface area (Å²) in [7, 11) is 0. The molecule has 114 valence electrons. The molecule has 0 aliphatic heterocycles. The number of halogens is 4. The van der Waals surface area contributed by atoms with Crippen molar-refractivity contribution in [2.75, 3.05) is 5.32 Å². The summed E-state index contributed by atoms with van der Waals surface area (Å²) < 4.78 is 0. The molecular formula is C14H8Cl4N2OS. The van der Waals surface area contributed by atoms with E-state index in [4.69, 9.17) is 58.6 Å². The summed E-state index contributed by atoms with van der Waals surface area (Å²) in [6, 6.07) is 9.66. The van der Waals surface area contributed by atoms with Crippen LogP contribution in [0.15, 0.2) is 36.4 Å². The van der Waals surface area contributed by atoms with Gasteiger partial charge in [-0.25, -0.2) is 0 Å². The molecule has 0 fully saturated rings. The molecule has 0 atom stereocenters. The van der Waals surface area contributed by atoms with Crippen molar-refractivity contribution in [1.29, 1.82) is 0 Å². The second-order valence-corrected chi connectivity index (χ2v) is 6.17. The molecule has 0 aromatic heterocycles. The topological polar surface area (TPSA) is 41.1 Å². The van der Waals surface area contributed by atoms with Gasteiger partial charge in [0.2, 0.25) is 0 Å². The van der Waals surface area contributed by atoms with Gasteiger partial charge < -0.3 is 5.32 Å². The number of thiocarbonyl (C=S) groups is 1. The van der Waals surface area contributed by atoms with Crippen LogP contribution in [0.1, 0.15) is 10.4 Å². The van der Waals surface area contributed by atoms with Crippen LogP contribution in [0.2, 0.25) is 20.1 Å². The number of benzene rings is 2. The number of carbonyl (C=O) groups is 1. The van der Waals surface area contributed by atoms with Gasteiger partial charge in [0, 0.05) is 5.69 Å². The zero-order chi connectivity index (χ0) is 16.3. The summed E-state index contributed by atoms with van der Waals surface area (Å²) in [4.78, 5) is 12.2. The number of amides is 1. The third-order valence-corrected chi connectivity index (χ3v) is 4.17. The molecule has 22 heavy (non-hydrogen) atoms. The number of rotatable bonds is 2. The molecule has 0 aliphatic rings. The Kier molecular flexibility index (Phi) is 5.89. The van der Waals surface area contributed by atoms with Gasteiger partial charge in [-0.1, -0.05) is 52.5 Å². The lowest BCUT2D eigenvalue weighted by Crippen LogP contribution is -2.34. The maximum absolute atomic E-state index is 12.2. The van der Waals surface area contributed by atoms with E-state index < -0.39 is 5.91 Å². The molecule has 2 rings (SSSR count). The molecule has 3 nitrogen and oxygen atoms in total. The second kappa shape index (κ2) is 7.49. The lowest BCUT2D eigenvalue weighted by atomic mass is 10.2. The molecule has 0 heterocycles. The van der Waals surface area contributed by atoms with E-state index in [-0.39, 0.29) is 20.7 Å². The van der Waals surface area contributed by atoms with Gasteiger partial charge in [-0.3, -0.25) is 10.1 Å². The van der Waals surface area contributed by atoms with Crippen molar-refractivity contribution in [2.24, 2.45) is 0 Å². The molecule has 2 aromatic carbocycles. The van der Waals surface area contributed by atoms with Gasteiger partial charge in [0.15, 0.2) is 5.11 Å². The Balaban J connectivity index is 2.08. The lowest BCUT2D eigenvalue weighted by molar-refractivity contribution is 0.0978. The summed E-state index contributed by atoms with van der Waals surface area (Å²) in [6.45, 7) is 0. The zero-order valence-electron chi connectivity index (χ0n) is 10.8. The minimum Gasteiger partial charge on any atom is -0.332 e. The highest BCUT2D eigenvalue weighted by Crippen LogP contribution is 2.25. The van der Waals surface area contributed by atoms with Crippen molar-refractivity contribution in [3.8, 4) is 0 Å². The molecule has 2 aromatic rings. The fourth-order valence-electron chi connectivity index (χ4n) is 1.62. The van der Waals surface area contributed by atoms with E-state index >= 15 is 0 Å². The molecule has 2 N–H and O–H groups in total. The number of nitrogens with one attached hydrogen (secondary N) is 2. The van der Waals surface area contributed by atoms with Gasteiger partial charge in [0.05, 0.1) is 25.7 Å². The first kappa shape index (κ1) is 17.3. The summed E-state index contributed by atoms with van der Waals surface area (Å²) in [5.74, 6) is -0.506. The largest absolute Gasteiger partial charge is 0.332 e. The van der Waals surface area contributed by atoms with Crippen LogP contribution < -0.4 is 10.6 Å². The Bertz CT molecular complexity index is 731. The minimum atomic E-state index is -0.506. The van der Waals surface area contributed by atoms with E-state index in [0.717, 1.165) is 0 Å². The Hall–Kier alpha value is -1.04. The third kappa shape index (κ3) is 4.24. The predicted molar refractivity (Wildman–Crippen MR) is 96.6 cm³/mol. The van der Waals surface area contributed by atoms with Gasteiger partial charge in [0.1, 0.15) is 0 Å². The van der Waals surface area contributed by atoms with Gasteiger partial charge >= 0.3 is 0 Å². The predicted octanol–water partition coefficient (Wildman–Crippen LogP) is 5.43. The lowest BCUT2D eigenvalue weighted by Gasteiger charge is -2.11. The highest BCUT2D eigenvalue weighted by atomic mass is 35.5. The second-order valence-electron chi connectivity index (χ2n) is 4.13. The first-order valence-corrected chi connectivity index (χ1v) is 7.82. The van der Waals surface area contributed by atoms with E-state index in [1.807, 2.05) is 0 Å². The van der Waals surface area contributed by atoms with Gasteiger partial charge in [-0.15, -0.1) is 0 Å². The number of anilines is 1. The van der Waals surface area contributed by atoms with Crippen LogP contribution in [-0.2, 0) is 0 Å². The molecule has 8 heteroatoms. The average molecular weight is 394 g/mol. The molecule has 0 aliphatic carbocycles. The van der Waals surface area contributed by atoms with Crippen molar-refractivity contribution >= 4 is 75.3 Å². The molecule has 1 amide bonds. The molecule has 0 bridgehead atoms. The van der Waals surface area contributed by atoms with Crippen molar-refractivity contribution < 1.29 is 4.79 Å². The van der Waals surface area contributed by atoms with Gasteiger partial charge in [0.25, 0.3) is 5.91 Å². The monoisotopic (exact) mass is 392 g/mol. The molecule has 0 unspecified atom stereocenters. The van der Waals surface area contributed by atoms with Crippen molar-refractivity contribution in [3.05, 3.63) is 62.1 Å². The maximum atomic E-state index is 12.2. The summed E-state index contributed by atoms with van der Waals surface area (Å²) in [5.41, 5.74) is 0.745. The van der Waals surface area contributed by atoms with Gasteiger partial charge in [-0.2, -0.15) is 0 Å². The highest BCUT2D eigenvalue weighted by molar-refractivity contribution is 7.80. The quantitative estimate of drug-likeness (QED) is 0.668. The normalized spacial score (nSPS) is 10.2. The van der Waals surface area contributed by atoms with E-state index in [1.54, 1.807) is 36.4 Å². The third-order valence-electron chi connectivity index (χ3n) is 2.59. The number of carbonyl (C=O) groups excluding carboxylic acids is 1. The standard InChI is InChI=1S/C14H8Cl4N2OS/c15-8-5-4-7(6-11(8)18)19-14(22)20-13(21)12-9(16)2-1-3-10(12)17/h1-6H,(H2,19,20,21,22). The van der Waals surface area contributed by atoms with Gasteiger partial charge in [-0.05, 0) is 42.5 Å². The number of hydrogen-bond acceptors (Lipinski definition) is 2. The Morgan fingerprint density at radius 2 is 1.55 bits per heavy atom. The van der Waals surface area contributed by atoms with Crippen LogP contribution in [0.3, 0.4) is 0 Å². The van der Waals surface area contributed by atoms with E-state index in [2.05, 4.69) is 10.6 Å². The fourth-order valence-corrected chi connectivity index (χ4v) is 2.69. The van der Waals surface area contributed by atoms with E-state index in [0.29, 0.717) is 15.7 Å². The molecule has 0 spiro atoms. The van der Waals surface area contributed by atoms with Crippen molar-refractivity contribution in [3.63, 3.8) is 0 Å². The van der Waals surface area contributed by atoms with Crippen molar-refractivity contribution in [2.45, 2.75) is 0 Å². The first-order valence-electron chi connectivity index (χ1n) is 5.90. The average Bonchev–Trinajstić information content (AvgIpc) is 2.42. The molecule has 0 saturated heterocycles. The van der Waals surface area contributed by atoms with Crippen LogP contribution in [-0.4, -0.2) is 11.0 Å². The SMILES string of the molecule is O=C(NC(=S)Nc1ccc(Cl)c(Cl)c1)c1c(Cl)cccc1Cl. The first-order chi connectivity index (χ1) is 10.4. The minimum absolute atomic E-state index is 0.0828. The van der Waals surface area contributed by atoms with Crippen LogP contribution in [0.25, 0.3) is 0 Å². The van der Waals surface area contributed by atoms with Crippen LogP contribution >= 0.6 is 58.6 Å². The molecule has 0 saturated carbocycles. The summed E-state index contributed by atoms with van der Waals surface area (Å²) >= 11 is 28.7. The smallest absolute Gasteiger partial charge is 0.260 e. The number of hydrogen-bond donors (Lipinski definition) is 2. The fraction of sp³-hybridized carbons (Fsp3) is 0. The molecular weight excluding hydrogens is 386 g/mol. The Labute approximate surface area is 152 Å².